The Labute approximate surface area is 102 Å². The highest BCUT2D eigenvalue weighted by Gasteiger charge is 2.23. The zero-order valence-electron chi connectivity index (χ0n) is 10.4. The van der Waals surface area contributed by atoms with E-state index < -0.39 is 0 Å². The lowest BCUT2D eigenvalue weighted by Crippen LogP contribution is -2.40. The molecule has 1 aliphatic heterocycles. The SMILES string of the molecule is C#CC(C)C(C)OCN1C=CN(C)C1/C=N\O. The standard InChI is InChI=1S/C12H19N3O2/c1-5-10(2)11(3)17-9-15-7-6-14(4)12(15)8-13-16/h1,6-8,10-12,16H,9H2,2-4H3/b13-8-. The molecule has 1 rings (SSSR count). The molecule has 0 spiro atoms. The van der Waals surface area contributed by atoms with Gasteiger partial charge in [-0.3, -0.25) is 0 Å². The molecule has 0 aliphatic carbocycles. The zero-order chi connectivity index (χ0) is 12.8. The maximum Gasteiger partial charge on any atom is 0.142 e. The summed E-state index contributed by atoms with van der Waals surface area (Å²) in [6.45, 7) is 4.30. The van der Waals surface area contributed by atoms with Crippen LogP contribution in [0.3, 0.4) is 0 Å². The molecule has 1 N–H and O–H groups in total. The molecule has 1 aliphatic rings. The van der Waals surface area contributed by atoms with Crippen LogP contribution in [0.15, 0.2) is 17.6 Å². The predicted molar refractivity (Wildman–Crippen MR) is 66.2 cm³/mol. The minimum absolute atomic E-state index is 0.00831. The van der Waals surface area contributed by atoms with Gasteiger partial charge in [-0.25, -0.2) is 0 Å². The zero-order valence-corrected chi connectivity index (χ0v) is 10.4. The van der Waals surface area contributed by atoms with Crippen LogP contribution in [0.5, 0.6) is 0 Å². The van der Waals surface area contributed by atoms with Gasteiger partial charge in [0, 0.05) is 25.4 Å². The first-order valence-corrected chi connectivity index (χ1v) is 5.51. The summed E-state index contributed by atoms with van der Waals surface area (Å²) in [6, 6.07) is 0. The molecule has 0 aromatic rings. The lowest BCUT2D eigenvalue weighted by atomic mass is 10.1. The van der Waals surface area contributed by atoms with Gasteiger partial charge >= 0.3 is 0 Å². The Kier molecular flexibility index (Phi) is 4.85. The van der Waals surface area contributed by atoms with Gasteiger partial charge in [0.15, 0.2) is 0 Å². The first kappa shape index (κ1) is 13.4. The van der Waals surface area contributed by atoms with Gasteiger partial charge in [-0.15, -0.1) is 12.3 Å². The van der Waals surface area contributed by atoms with Crippen molar-refractivity contribution in [2.45, 2.75) is 26.1 Å². The van der Waals surface area contributed by atoms with Crippen molar-refractivity contribution in [2.75, 3.05) is 13.8 Å². The largest absolute Gasteiger partial charge is 0.411 e. The quantitative estimate of drug-likeness (QED) is 0.337. The first-order chi connectivity index (χ1) is 8.10. The van der Waals surface area contributed by atoms with E-state index >= 15 is 0 Å². The molecule has 0 saturated heterocycles. The molecule has 0 saturated carbocycles. The summed E-state index contributed by atoms with van der Waals surface area (Å²) in [5.41, 5.74) is 0. The lowest BCUT2D eigenvalue weighted by Gasteiger charge is -2.28. The maximum absolute atomic E-state index is 8.59. The van der Waals surface area contributed by atoms with Gasteiger partial charge in [0.1, 0.15) is 12.9 Å². The molecule has 3 atom stereocenters. The molecule has 0 aromatic carbocycles. The molecule has 0 fully saturated rings. The van der Waals surface area contributed by atoms with E-state index in [0.717, 1.165) is 0 Å². The van der Waals surface area contributed by atoms with Gasteiger partial charge in [-0.2, -0.15) is 0 Å². The van der Waals surface area contributed by atoms with Crippen molar-refractivity contribution in [3.05, 3.63) is 12.4 Å². The second-order valence-corrected chi connectivity index (χ2v) is 4.11. The van der Waals surface area contributed by atoms with Crippen LogP contribution in [0.1, 0.15) is 13.8 Å². The van der Waals surface area contributed by atoms with E-state index in [4.69, 9.17) is 16.4 Å². The lowest BCUT2D eigenvalue weighted by molar-refractivity contribution is -0.0217. The molecule has 0 amide bonds. The summed E-state index contributed by atoms with van der Waals surface area (Å²) < 4.78 is 5.67. The van der Waals surface area contributed by atoms with Crippen LogP contribution in [0, 0.1) is 18.3 Å². The summed E-state index contributed by atoms with van der Waals surface area (Å²) in [4.78, 5) is 3.83. The van der Waals surface area contributed by atoms with Crippen molar-refractivity contribution >= 4 is 6.21 Å². The first-order valence-electron chi connectivity index (χ1n) is 5.51. The fourth-order valence-electron chi connectivity index (χ4n) is 1.45. The molecule has 0 bridgehead atoms. The van der Waals surface area contributed by atoms with E-state index in [2.05, 4.69) is 11.1 Å². The Morgan fingerprint density at radius 1 is 1.59 bits per heavy atom. The summed E-state index contributed by atoms with van der Waals surface area (Å²) in [6.07, 6.45) is 10.4. The fraction of sp³-hybridized carbons (Fsp3) is 0.583. The van der Waals surface area contributed by atoms with Crippen molar-refractivity contribution in [3.8, 4) is 12.3 Å². The van der Waals surface area contributed by atoms with Crippen LogP contribution in [0.25, 0.3) is 0 Å². The van der Waals surface area contributed by atoms with Crippen LogP contribution in [0.2, 0.25) is 0 Å². The Morgan fingerprint density at radius 3 is 2.88 bits per heavy atom. The van der Waals surface area contributed by atoms with Crippen molar-refractivity contribution in [1.29, 1.82) is 0 Å². The van der Waals surface area contributed by atoms with E-state index in [1.54, 1.807) is 0 Å². The summed E-state index contributed by atoms with van der Waals surface area (Å²) in [5, 5.41) is 11.6. The third-order valence-electron chi connectivity index (χ3n) is 2.90. The molecule has 17 heavy (non-hydrogen) atoms. The van der Waals surface area contributed by atoms with Gasteiger partial charge in [0.05, 0.1) is 12.3 Å². The van der Waals surface area contributed by atoms with Gasteiger partial charge < -0.3 is 19.7 Å². The van der Waals surface area contributed by atoms with Crippen LogP contribution < -0.4 is 0 Å². The highest BCUT2D eigenvalue weighted by Crippen LogP contribution is 2.14. The van der Waals surface area contributed by atoms with Gasteiger partial charge in [-0.05, 0) is 13.8 Å². The minimum atomic E-state index is -0.117. The van der Waals surface area contributed by atoms with Crippen LogP contribution in [-0.4, -0.2) is 47.3 Å². The number of hydrogen-bond acceptors (Lipinski definition) is 5. The van der Waals surface area contributed by atoms with Crippen LogP contribution >= 0.6 is 0 Å². The van der Waals surface area contributed by atoms with Crippen LogP contribution in [0.4, 0.5) is 0 Å². The normalized spacial score (nSPS) is 23.1. The molecule has 5 heteroatoms. The van der Waals surface area contributed by atoms with E-state index in [1.807, 2.05) is 43.1 Å². The van der Waals surface area contributed by atoms with Crippen molar-refractivity contribution in [2.24, 2.45) is 11.1 Å². The van der Waals surface area contributed by atoms with E-state index in [9.17, 15) is 0 Å². The number of ether oxygens (including phenoxy) is 1. The molecule has 94 valence electrons. The summed E-state index contributed by atoms with van der Waals surface area (Å²) >= 11 is 0. The third kappa shape index (κ3) is 3.40. The smallest absolute Gasteiger partial charge is 0.142 e. The summed E-state index contributed by atoms with van der Waals surface area (Å²) in [5.74, 6) is 2.72. The average molecular weight is 237 g/mol. The van der Waals surface area contributed by atoms with Crippen molar-refractivity contribution in [1.82, 2.24) is 9.80 Å². The number of nitrogens with zero attached hydrogens (tertiary/aromatic N) is 3. The molecular formula is C12H19N3O2. The van der Waals surface area contributed by atoms with Gasteiger partial charge in [0.2, 0.25) is 0 Å². The monoisotopic (exact) mass is 237 g/mol. The highest BCUT2D eigenvalue weighted by atomic mass is 16.5. The van der Waals surface area contributed by atoms with Gasteiger partial charge in [0.25, 0.3) is 0 Å². The summed E-state index contributed by atoms with van der Waals surface area (Å²) in [7, 11) is 1.90. The molecule has 0 aromatic heterocycles. The second-order valence-electron chi connectivity index (χ2n) is 4.11. The predicted octanol–water partition coefficient (Wildman–Crippen LogP) is 1.12. The second kappa shape index (κ2) is 6.16. The third-order valence-corrected chi connectivity index (χ3v) is 2.90. The maximum atomic E-state index is 8.59. The topological polar surface area (TPSA) is 48.3 Å². The Balaban J connectivity index is 2.47. The molecule has 0 radical (unpaired) electrons. The number of terminal acetylenes is 1. The average Bonchev–Trinajstić information content (AvgIpc) is 2.67. The molecule has 5 nitrogen and oxygen atoms in total. The van der Waals surface area contributed by atoms with E-state index in [-0.39, 0.29) is 18.2 Å². The highest BCUT2D eigenvalue weighted by molar-refractivity contribution is 5.64. The Morgan fingerprint density at radius 2 is 2.29 bits per heavy atom. The van der Waals surface area contributed by atoms with Crippen LogP contribution in [-0.2, 0) is 4.74 Å². The number of hydrogen-bond donors (Lipinski definition) is 1. The van der Waals surface area contributed by atoms with E-state index in [0.29, 0.717) is 6.73 Å². The van der Waals surface area contributed by atoms with E-state index in [1.165, 1.54) is 6.21 Å². The number of oxime groups is 1. The number of rotatable bonds is 5. The van der Waals surface area contributed by atoms with Crippen molar-refractivity contribution in [3.63, 3.8) is 0 Å². The fourth-order valence-corrected chi connectivity index (χ4v) is 1.45. The molecular weight excluding hydrogens is 218 g/mol. The Bertz CT molecular complexity index is 335. The molecule has 3 unspecified atom stereocenters. The van der Waals surface area contributed by atoms with Crippen molar-refractivity contribution < 1.29 is 9.94 Å². The molecule has 1 heterocycles. The van der Waals surface area contributed by atoms with Gasteiger partial charge in [-0.1, -0.05) is 5.16 Å². The Hall–Kier alpha value is -1.67. The minimum Gasteiger partial charge on any atom is -0.411 e.